The maximum atomic E-state index is 11.9. The lowest BCUT2D eigenvalue weighted by molar-refractivity contribution is -0.144. The van der Waals surface area contributed by atoms with Crippen molar-refractivity contribution in [2.24, 2.45) is 0 Å². The van der Waals surface area contributed by atoms with Gasteiger partial charge in [0.05, 0.1) is 13.2 Å². The van der Waals surface area contributed by atoms with Crippen LogP contribution in [0.25, 0.3) is 0 Å². The first-order chi connectivity index (χ1) is 23.2. The Bertz CT molecular complexity index is 567. The van der Waals surface area contributed by atoms with Crippen LogP contribution in [0.1, 0.15) is 245 Å². The van der Waals surface area contributed by atoms with Crippen LogP contribution >= 0.6 is 0 Å². The van der Waals surface area contributed by atoms with Crippen molar-refractivity contribution < 1.29 is 19.1 Å². The second-order valence-electron chi connectivity index (χ2n) is 14.5. The lowest BCUT2D eigenvalue weighted by Crippen LogP contribution is -2.11. The van der Waals surface area contributed by atoms with Crippen LogP contribution in [0.2, 0.25) is 0 Å². The van der Waals surface area contributed by atoms with E-state index in [0.29, 0.717) is 12.8 Å². The normalized spacial score (nSPS) is 11.3. The van der Waals surface area contributed by atoms with Crippen molar-refractivity contribution in [3.8, 4) is 0 Å². The summed E-state index contributed by atoms with van der Waals surface area (Å²) in [6.07, 6.45) is 48.2. The van der Waals surface area contributed by atoms with Gasteiger partial charge in [-0.15, -0.1) is 0 Å². The van der Waals surface area contributed by atoms with E-state index in [4.69, 9.17) is 9.47 Å². The van der Waals surface area contributed by atoms with E-state index in [0.717, 1.165) is 25.7 Å². The molecule has 0 N–H and O–H groups in total. The molecule has 0 aromatic carbocycles. The molecule has 0 saturated carbocycles. The molecule has 0 spiro atoms. The smallest absolute Gasteiger partial charge is 0.305 e. The van der Waals surface area contributed by atoms with Crippen LogP contribution in [0, 0.1) is 6.42 Å². The number of unbranched alkanes of at least 4 members (excludes halogenated alkanes) is 32. The van der Waals surface area contributed by atoms with E-state index in [-0.39, 0.29) is 25.2 Å². The van der Waals surface area contributed by atoms with E-state index < -0.39 is 0 Å². The van der Waals surface area contributed by atoms with Gasteiger partial charge in [-0.2, -0.15) is 0 Å². The maximum Gasteiger partial charge on any atom is 0.305 e. The molecule has 0 aliphatic heterocycles. The Morgan fingerprint density at radius 3 is 0.723 bits per heavy atom. The van der Waals surface area contributed by atoms with Crippen LogP contribution in [-0.2, 0) is 19.1 Å². The van der Waals surface area contributed by atoms with E-state index in [1.807, 2.05) is 0 Å². The lowest BCUT2D eigenvalue weighted by atomic mass is 10.0. The first-order valence-electron chi connectivity index (χ1n) is 21.3. The summed E-state index contributed by atoms with van der Waals surface area (Å²) in [5.41, 5.74) is 0. The van der Waals surface area contributed by atoms with E-state index in [9.17, 15) is 9.59 Å². The van der Waals surface area contributed by atoms with Crippen molar-refractivity contribution in [1.29, 1.82) is 0 Å². The van der Waals surface area contributed by atoms with Crippen LogP contribution in [0.15, 0.2) is 0 Å². The molecule has 279 valence electrons. The summed E-state index contributed by atoms with van der Waals surface area (Å²) < 4.78 is 10.5. The average molecular weight is 664 g/mol. The Labute approximate surface area is 295 Å². The highest BCUT2D eigenvalue weighted by Gasteiger charge is 2.05. The highest BCUT2D eigenvalue weighted by molar-refractivity contribution is 5.69. The van der Waals surface area contributed by atoms with Crippen molar-refractivity contribution in [3.05, 3.63) is 6.42 Å². The number of carbonyl (C=O) groups is 2. The van der Waals surface area contributed by atoms with Crippen LogP contribution in [0.5, 0.6) is 0 Å². The van der Waals surface area contributed by atoms with Gasteiger partial charge in [-0.05, 0) is 12.8 Å². The van der Waals surface area contributed by atoms with Gasteiger partial charge in [-0.1, -0.05) is 219 Å². The second-order valence-corrected chi connectivity index (χ2v) is 14.5. The Hall–Kier alpha value is -1.06. The SMILES string of the molecule is CCCCCCCCCCCCCCCCCCCC(=O)OC[CH]COC(=O)CCCCCCCCCCCCCCCCCCC. The number of ether oxygens (including phenoxy) is 2. The average Bonchev–Trinajstić information content (AvgIpc) is 3.07. The van der Waals surface area contributed by atoms with Crippen molar-refractivity contribution in [2.75, 3.05) is 13.2 Å². The van der Waals surface area contributed by atoms with Gasteiger partial charge in [0.2, 0.25) is 0 Å². The third-order valence-electron chi connectivity index (χ3n) is 9.69. The zero-order chi connectivity index (χ0) is 34.1. The second kappa shape index (κ2) is 41.1. The van der Waals surface area contributed by atoms with Crippen molar-refractivity contribution >= 4 is 11.9 Å². The summed E-state index contributed by atoms with van der Waals surface area (Å²) in [4.78, 5) is 23.9. The van der Waals surface area contributed by atoms with Gasteiger partial charge in [-0.25, -0.2) is 0 Å². The molecule has 0 aliphatic rings. The predicted octanol–water partition coefficient (Wildman–Crippen LogP) is 14.4. The summed E-state index contributed by atoms with van der Waals surface area (Å²) in [5, 5.41) is 0. The monoisotopic (exact) mass is 664 g/mol. The van der Waals surface area contributed by atoms with E-state index >= 15 is 0 Å². The molecule has 0 amide bonds. The summed E-state index contributed by atoms with van der Waals surface area (Å²) in [6.45, 7) is 5.02. The molecule has 4 nitrogen and oxygen atoms in total. The maximum absolute atomic E-state index is 11.9. The van der Waals surface area contributed by atoms with Crippen molar-refractivity contribution in [3.63, 3.8) is 0 Å². The van der Waals surface area contributed by atoms with Gasteiger partial charge in [0, 0.05) is 19.3 Å². The molecule has 0 rings (SSSR count). The van der Waals surface area contributed by atoms with Gasteiger partial charge in [-0.3, -0.25) is 9.59 Å². The molecular formula is C43H83O4. The van der Waals surface area contributed by atoms with E-state index in [2.05, 4.69) is 13.8 Å². The predicted molar refractivity (Wildman–Crippen MR) is 204 cm³/mol. The van der Waals surface area contributed by atoms with Crippen molar-refractivity contribution in [1.82, 2.24) is 0 Å². The molecule has 0 unspecified atom stereocenters. The minimum Gasteiger partial charge on any atom is -0.465 e. The molecule has 4 heteroatoms. The molecule has 0 aliphatic carbocycles. The molecule has 0 fully saturated rings. The lowest BCUT2D eigenvalue weighted by Gasteiger charge is -2.07. The van der Waals surface area contributed by atoms with Crippen LogP contribution < -0.4 is 0 Å². The van der Waals surface area contributed by atoms with Gasteiger partial charge < -0.3 is 9.47 Å². The fraction of sp³-hybridized carbons (Fsp3) is 0.930. The number of esters is 2. The molecule has 1 radical (unpaired) electrons. The summed E-state index contributed by atoms with van der Waals surface area (Å²) >= 11 is 0. The zero-order valence-corrected chi connectivity index (χ0v) is 32.1. The van der Waals surface area contributed by atoms with Gasteiger partial charge in [0.25, 0.3) is 0 Å². The molecule has 0 saturated heterocycles. The summed E-state index contributed by atoms with van der Waals surface area (Å²) in [6, 6.07) is 0. The van der Waals surface area contributed by atoms with Crippen molar-refractivity contribution in [2.45, 2.75) is 245 Å². The molecule has 0 aromatic heterocycles. The van der Waals surface area contributed by atoms with Crippen LogP contribution in [0.4, 0.5) is 0 Å². The van der Waals surface area contributed by atoms with E-state index in [1.54, 1.807) is 6.42 Å². The molecule has 47 heavy (non-hydrogen) atoms. The third-order valence-corrected chi connectivity index (χ3v) is 9.69. The summed E-state index contributed by atoms with van der Waals surface area (Å²) in [7, 11) is 0. The largest absolute Gasteiger partial charge is 0.465 e. The minimum atomic E-state index is -0.142. The standard InChI is InChI=1S/C43H83O4/c1-3-5-7-9-11-13-15-17-19-21-23-25-27-29-31-33-35-38-42(44)46-40-37-41-47-43(45)39-36-34-32-30-28-26-24-22-20-18-16-14-12-10-8-6-4-2/h37H,3-36,38-41H2,1-2H3. The fourth-order valence-electron chi connectivity index (χ4n) is 6.48. The molecular weight excluding hydrogens is 580 g/mol. The Morgan fingerprint density at radius 1 is 0.319 bits per heavy atom. The fourth-order valence-corrected chi connectivity index (χ4v) is 6.48. The van der Waals surface area contributed by atoms with E-state index in [1.165, 1.54) is 193 Å². The van der Waals surface area contributed by atoms with Crippen LogP contribution in [-0.4, -0.2) is 25.2 Å². The number of rotatable bonds is 40. The minimum absolute atomic E-state index is 0.142. The first-order valence-corrected chi connectivity index (χ1v) is 21.3. The molecule has 0 aromatic rings. The highest BCUT2D eigenvalue weighted by atomic mass is 16.5. The zero-order valence-electron chi connectivity index (χ0n) is 32.1. The van der Waals surface area contributed by atoms with Gasteiger partial charge >= 0.3 is 11.9 Å². The topological polar surface area (TPSA) is 52.6 Å². The molecule has 0 heterocycles. The van der Waals surface area contributed by atoms with Crippen LogP contribution in [0.3, 0.4) is 0 Å². The first kappa shape index (κ1) is 45.9. The third kappa shape index (κ3) is 41.0. The Morgan fingerprint density at radius 2 is 0.511 bits per heavy atom. The molecule has 0 atom stereocenters. The Kier molecular flexibility index (Phi) is 40.2. The number of carbonyl (C=O) groups excluding carboxylic acids is 2. The highest BCUT2D eigenvalue weighted by Crippen LogP contribution is 2.16. The number of hydrogen-bond acceptors (Lipinski definition) is 4. The Balaban J connectivity index is 3.24. The number of hydrogen-bond donors (Lipinski definition) is 0. The van der Waals surface area contributed by atoms with Gasteiger partial charge in [0.1, 0.15) is 0 Å². The van der Waals surface area contributed by atoms with Gasteiger partial charge in [0.15, 0.2) is 0 Å². The summed E-state index contributed by atoms with van der Waals surface area (Å²) in [5.74, 6) is -0.283. The quantitative estimate of drug-likeness (QED) is 0.0483. The molecule has 0 bridgehead atoms.